The molecule has 4 rings (SSSR count). The predicted molar refractivity (Wildman–Crippen MR) is 168 cm³/mol. The van der Waals surface area contributed by atoms with Crippen molar-refractivity contribution >= 4 is 46.9 Å². The maximum atomic E-state index is 12.6. The second-order valence-corrected chi connectivity index (χ2v) is 10.2. The Labute approximate surface area is 272 Å². The van der Waals surface area contributed by atoms with E-state index in [0.717, 1.165) is 17.5 Å². The van der Waals surface area contributed by atoms with Gasteiger partial charge in [-0.05, 0) is 60.9 Å². The zero-order chi connectivity index (χ0) is 36.2. The van der Waals surface area contributed by atoms with Crippen LogP contribution in [0.2, 0.25) is 0 Å². The van der Waals surface area contributed by atoms with Gasteiger partial charge in [-0.3, -0.25) is 28.9 Å². The highest BCUT2D eigenvalue weighted by Crippen LogP contribution is 2.29. The summed E-state index contributed by atoms with van der Waals surface area (Å²) in [5.41, 5.74) is 14.7. The van der Waals surface area contributed by atoms with Crippen LogP contribution in [0.3, 0.4) is 0 Å². The lowest BCUT2D eigenvalue weighted by molar-refractivity contribution is -0.192. The molecule has 1 aliphatic rings. The van der Waals surface area contributed by atoms with Crippen LogP contribution in [0.1, 0.15) is 45.7 Å². The van der Waals surface area contributed by atoms with Crippen LogP contribution in [0, 0.1) is 0 Å². The summed E-state index contributed by atoms with van der Waals surface area (Å²) < 4.78 is 31.7. The monoisotopic (exact) mass is 673 g/mol. The van der Waals surface area contributed by atoms with Crippen molar-refractivity contribution in [2.24, 2.45) is 11.5 Å². The van der Waals surface area contributed by atoms with Gasteiger partial charge in [0.05, 0.1) is 0 Å². The van der Waals surface area contributed by atoms with Gasteiger partial charge in [-0.2, -0.15) is 13.2 Å². The molecule has 0 spiro atoms. The van der Waals surface area contributed by atoms with Crippen molar-refractivity contribution < 1.29 is 52.2 Å². The van der Waals surface area contributed by atoms with Crippen LogP contribution < -0.4 is 26.6 Å². The third kappa shape index (κ3) is 11.2. The Bertz CT molecular complexity index is 1650. The van der Waals surface area contributed by atoms with Gasteiger partial charge in [-0.1, -0.05) is 36.4 Å². The molecule has 3 aromatic carbocycles. The molecule has 13 nitrogen and oxygen atoms in total. The lowest BCUT2D eigenvalue weighted by Gasteiger charge is -2.22. The Balaban J connectivity index is 0.000000279. The number of carboxylic acid groups (broad SMARTS) is 2. The number of primary amides is 1. The molecule has 0 aliphatic carbocycles. The summed E-state index contributed by atoms with van der Waals surface area (Å²) in [5, 5.41) is 18.7. The van der Waals surface area contributed by atoms with E-state index in [2.05, 4.69) is 5.32 Å². The fourth-order valence-electron chi connectivity index (χ4n) is 4.37. The first-order valence-corrected chi connectivity index (χ1v) is 14.1. The van der Waals surface area contributed by atoms with Crippen LogP contribution in [-0.4, -0.2) is 71.1 Å². The van der Waals surface area contributed by atoms with Gasteiger partial charge in [0.1, 0.15) is 12.6 Å². The molecule has 1 atom stereocenters. The molecule has 0 saturated carbocycles. The van der Waals surface area contributed by atoms with Crippen LogP contribution in [0.5, 0.6) is 0 Å². The van der Waals surface area contributed by atoms with Crippen molar-refractivity contribution in [3.8, 4) is 0 Å². The quantitative estimate of drug-likeness (QED) is 0.237. The van der Waals surface area contributed by atoms with E-state index in [-0.39, 0.29) is 17.7 Å². The van der Waals surface area contributed by atoms with Crippen molar-refractivity contribution in [2.45, 2.75) is 39.0 Å². The molecular weight excluding hydrogens is 639 g/mol. The fraction of sp³-hybridized carbons (Fsp3) is 0.250. The maximum Gasteiger partial charge on any atom is 0.490 e. The highest BCUT2D eigenvalue weighted by molar-refractivity contribution is 6.08. The Morgan fingerprint density at radius 2 is 1.56 bits per heavy atom. The average Bonchev–Trinajstić information content (AvgIpc) is 3.46. The average molecular weight is 674 g/mol. The molecule has 256 valence electrons. The molecular formula is C32H34F3N5O8. The summed E-state index contributed by atoms with van der Waals surface area (Å²) in [6.45, 7) is 3.48. The van der Waals surface area contributed by atoms with Gasteiger partial charge in [0.15, 0.2) is 0 Å². The third-order valence-electron chi connectivity index (χ3n) is 6.58. The van der Waals surface area contributed by atoms with Crippen LogP contribution in [0.25, 0.3) is 0 Å². The van der Waals surface area contributed by atoms with Crippen molar-refractivity contribution in [2.75, 3.05) is 22.9 Å². The number of rotatable bonds is 8. The number of carbonyl (C=O) groups excluding carboxylic acids is 4. The van der Waals surface area contributed by atoms with E-state index >= 15 is 0 Å². The van der Waals surface area contributed by atoms with E-state index in [4.69, 9.17) is 26.5 Å². The molecule has 0 aromatic heterocycles. The van der Waals surface area contributed by atoms with E-state index in [0.29, 0.717) is 35.6 Å². The van der Waals surface area contributed by atoms with Crippen molar-refractivity contribution in [3.05, 3.63) is 95.1 Å². The number of nitrogens with zero attached hydrogens (tertiary/aromatic N) is 2. The lowest BCUT2D eigenvalue weighted by Crippen LogP contribution is -2.46. The first-order chi connectivity index (χ1) is 22.5. The van der Waals surface area contributed by atoms with E-state index in [1.54, 1.807) is 66.4 Å². The van der Waals surface area contributed by atoms with Gasteiger partial charge in [0.25, 0.3) is 5.91 Å². The number of para-hydroxylation sites is 1. The van der Waals surface area contributed by atoms with Gasteiger partial charge < -0.3 is 31.9 Å². The highest BCUT2D eigenvalue weighted by Gasteiger charge is 2.38. The minimum atomic E-state index is -5.08. The Kier molecular flexibility index (Phi) is 13.8. The molecule has 0 unspecified atom stereocenters. The molecule has 0 bridgehead atoms. The molecule has 7 N–H and O–H groups in total. The number of carbonyl (C=O) groups is 6. The van der Waals surface area contributed by atoms with Crippen LogP contribution in [-0.2, 0) is 32.1 Å². The number of carboxylic acids is 2. The number of benzene rings is 3. The van der Waals surface area contributed by atoms with Crippen molar-refractivity contribution in [1.29, 1.82) is 0 Å². The maximum absolute atomic E-state index is 12.6. The number of anilines is 2. The number of alkyl halides is 3. The Morgan fingerprint density at radius 1 is 0.938 bits per heavy atom. The summed E-state index contributed by atoms with van der Waals surface area (Å²) in [7, 11) is 0. The SMILES string of the molecule is CC(=O)N[C@@H](C)C(=O)N1CCc2ccc(C(N)=O)cc21.NCc1cccc(C(=O)N(CC(=O)O)c2ccccc2)c1.O=C(O)C(F)(F)F. The number of halogens is 3. The van der Waals surface area contributed by atoms with E-state index in [1.165, 1.54) is 11.8 Å². The van der Waals surface area contributed by atoms with Crippen molar-refractivity contribution in [1.82, 2.24) is 5.32 Å². The summed E-state index contributed by atoms with van der Waals surface area (Å²) in [4.78, 5) is 69.9. The second kappa shape index (κ2) is 17.2. The Hall–Kier alpha value is -5.77. The molecule has 4 amide bonds. The fourth-order valence-corrected chi connectivity index (χ4v) is 4.37. The number of hydrogen-bond acceptors (Lipinski definition) is 7. The molecule has 16 heteroatoms. The number of amides is 4. The Morgan fingerprint density at radius 3 is 2.08 bits per heavy atom. The zero-order valence-electron chi connectivity index (χ0n) is 25.9. The van der Waals surface area contributed by atoms with Gasteiger partial charge in [0, 0.05) is 42.5 Å². The largest absolute Gasteiger partial charge is 0.490 e. The molecule has 0 saturated heterocycles. The number of aliphatic carboxylic acids is 2. The number of hydrogen-bond donors (Lipinski definition) is 5. The van der Waals surface area contributed by atoms with Crippen molar-refractivity contribution in [3.63, 3.8) is 0 Å². The van der Waals surface area contributed by atoms with E-state index < -0.39 is 36.6 Å². The standard InChI is InChI=1S/C16H16N2O3.C14H17N3O3.C2HF3O2/c17-10-12-5-4-6-13(9-12)16(21)18(11-15(19)20)14-7-2-1-3-8-14;1-8(16-9(2)18)14(20)17-6-5-10-3-4-11(13(15)19)7-12(10)17;3-2(4,5)1(6)7/h1-9H,10-11,17H2,(H,19,20);3-4,7-8H,5-6H2,1-2H3,(H2,15,19)(H,16,18);(H,6,7)/t;8-;/m.0./s1. The van der Waals surface area contributed by atoms with E-state index in [1.807, 2.05) is 18.2 Å². The predicted octanol–water partition coefficient (Wildman–Crippen LogP) is 2.71. The van der Waals surface area contributed by atoms with Crippen LogP contribution in [0.15, 0.2) is 72.8 Å². The van der Waals surface area contributed by atoms with Gasteiger partial charge in [-0.25, -0.2) is 4.79 Å². The molecule has 1 heterocycles. The summed E-state index contributed by atoms with van der Waals surface area (Å²) in [6, 6.07) is 20.1. The summed E-state index contributed by atoms with van der Waals surface area (Å²) in [5.74, 6) is -5.16. The number of nitrogens with one attached hydrogen (secondary N) is 1. The first-order valence-electron chi connectivity index (χ1n) is 14.1. The summed E-state index contributed by atoms with van der Waals surface area (Å²) >= 11 is 0. The number of fused-ring (bicyclic) bond motifs is 1. The smallest absolute Gasteiger partial charge is 0.480 e. The first kappa shape index (κ1) is 38.4. The highest BCUT2D eigenvalue weighted by atomic mass is 19.4. The lowest BCUT2D eigenvalue weighted by atomic mass is 10.1. The normalized spacial score (nSPS) is 12.2. The van der Waals surface area contributed by atoms with Gasteiger partial charge in [-0.15, -0.1) is 0 Å². The molecule has 0 radical (unpaired) electrons. The van der Waals surface area contributed by atoms with Crippen LogP contribution in [0.4, 0.5) is 24.5 Å². The van der Waals surface area contributed by atoms with Gasteiger partial charge in [0.2, 0.25) is 17.7 Å². The second-order valence-electron chi connectivity index (χ2n) is 10.2. The zero-order valence-corrected chi connectivity index (χ0v) is 25.9. The molecule has 1 aliphatic heterocycles. The van der Waals surface area contributed by atoms with Crippen LogP contribution >= 0.6 is 0 Å². The van der Waals surface area contributed by atoms with E-state index in [9.17, 15) is 37.1 Å². The van der Waals surface area contributed by atoms with Gasteiger partial charge >= 0.3 is 18.1 Å². The molecule has 48 heavy (non-hydrogen) atoms. The minimum Gasteiger partial charge on any atom is -0.480 e. The molecule has 3 aromatic rings. The topological polar surface area (TPSA) is 213 Å². The summed E-state index contributed by atoms with van der Waals surface area (Å²) in [6.07, 6.45) is -4.35. The number of nitrogens with two attached hydrogens (primary N) is 2. The minimum absolute atomic E-state index is 0.194. The third-order valence-corrected chi connectivity index (χ3v) is 6.58. The molecule has 0 fully saturated rings.